The lowest BCUT2D eigenvalue weighted by atomic mass is 10.00. The zero-order valence-corrected chi connectivity index (χ0v) is 15.2. The predicted molar refractivity (Wildman–Crippen MR) is 101 cm³/mol. The van der Waals surface area contributed by atoms with E-state index in [9.17, 15) is 19.5 Å². The van der Waals surface area contributed by atoms with Crippen LogP contribution in [-0.2, 0) is 16.1 Å². The number of Topliss-reactive ketones (excluding diaryl/α,β-unsaturated/α-hetero) is 1. The molecule has 0 unspecified atom stereocenters. The number of carbonyl (C=O) groups is 3. The minimum atomic E-state index is -0.549. The number of carbonyl (C=O) groups excluding carboxylic acids is 3. The molecule has 2 aromatic rings. The molecule has 1 heterocycles. The van der Waals surface area contributed by atoms with Crippen molar-refractivity contribution in [1.29, 1.82) is 0 Å². The Kier molecular flexibility index (Phi) is 5.07. The first-order valence-corrected chi connectivity index (χ1v) is 8.53. The van der Waals surface area contributed by atoms with Crippen LogP contribution in [0.4, 0.5) is 0 Å². The number of likely N-dealkylation sites (N-methyl/N-ethyl adjacent to an activating group) is 1. The molecule has 138 valence electrons. The first-order valence-electron chi connectivity index (χ1n) is 8.53. The lowest BCUT2D eigenvalue weighted by Crippen LogP contribution is -2.27. The van der Waals surface area contributed by atoms with Crippen LogP contribution in [-0.4, -0.2) is 41.2 Å². The molecule has 1 aliphatic heterocycles. The molecular formula is C21H20N2O4. The number of hydrogen-bond acceptors (Lipinski definition) is 4. The van der Waals surface area contributed by atoms with Crippen molar-refractivity contribution in [2.24, 2.45) is 0 Å². The van der Waals surface area contributed by atoms with Gasteiger partial charge in [-0.2, -0.15) is 0 Å². The van der Waals surface area contributed by atoms with Gasteiger partial charge in [0.05, 0.1) is 12.1 Å². The highest BCUT2D eigenvalue weighted by Gasteiger charge is 2.31. The van der Waals surface area contributed by atoms with Gasteiger partial charge in [-0.3, -0.25) is 14.4 Å². The summed E-state index contributed by atoms with van der Waals surface area (Å²) >= 11 is 0. The largest absolute Gasteiger partial charge is 0.503 e. The Morgan fingerprint density at radius 2 is 1.78 bits per heavy atom. The van der Waals surface area contributed by atoms with Crippen molar-refractivity contribution in [3.8, 4) is 11.1 Å². The fourth-order valence-corrected chi connectivity index (χ4v) is 2.94. The van der Waals surface area contributed by atoms with Crippen molar-refractivity contribution in [3.63, 3.8) is 0 Å². The number of aliphatic hydroxyl groups is 1. The SMILES string of the molecule is CC(=O)c1cccc(-c2cccc(CNC(=O)C3=C(O)C(=O)N(C)C3)c2)c1. The van der Waals surface area contributed by atoms with Crippen LogP contribution in [0.1, 0.15) is 22.8 Å². The number of rotatable bonds is 5. The molecular weight excluding hydrogens is 344 g/mol. The van der Waals surface area contributed by atoms with Gasteiger partial charge in [-0.25, -0.2) is 0 Å². The second kappa shape index (κ2) is 7.45. The molecule has 2 amide bonds. The minimum Gasteiger partial charge on any atom is -0.503 e. The third kappa shape index (κ3) is 3.89. The van der Waals surface area contributed by atoms with E-state index in [2.05, 4.69) is 5.32 Å². The second-order valence-electron chi connectivity index (χ2n) is 6.51. The van der Waals surface area contributed by atoms with Crippen molar-refractivity contribution >= 4 is 17.6 Å². The molecule has 0 aliphatic carbocycles. The molecule has 3 rings (SSSR count). The third-order valence-corrected chi connectivity index (χ3v) is 4.49. The molecule has 0 bridgehead atoms. The molecule has 0 aromatic heterocycles. The Morgan fingerprint density at radius 1 is 1.11 bits per heavy atom. The number of amides is 2. The molecule has 0 saturated heterocycles. The van der Waals surface area contributed by atoms with Crippen LogP contribution in [0.15, 0.2) is 59.9 Å². The molecule has 27 heavy (non-hydrogen) atoms. The molecule has 0 atom stereocenters. The summed E-state index contributed by atoms with van der Waals surface area (Å²) in [7, 11) is 1.53. The van der Waals surface area contributed by atoms with Crippen LogP contribution in [0.2, 0.25) is 0 Å². The molecule has 6 heteroatoms. The average Bonchev–Trinajstić information content (AvgIpc) is 2.94. The Hall–Kier alpha value is -3.41. The Morgan fingerprint density at radius 3 is 2.41 bits per heavy atom. The number of benzene rings is 2. The topological polar surface area (TPSA) is 86.7 Å². The molecule has 1 aliphatic rings. The van der Waals surface area contributed by atoms with E-state index in [1.165, 1.54) is 18.9 Å². The number of nitrogens with one attached hydrogen (secondary N) is 1. The zero-order chi connectivity index (χ0) is 19.6. The summed E-state index contributed by atoms with van der Waals surface area (Å²) in [5.74, 6) is -1.50. The number of ketones is 1. The first-order chi connectivity index (χ1) is 12.9. The van der Waals surface area contributed by atoms with Gasteiger partial charge in [0.25, 0.3) is 11.8 Å². The summed E-state index contributed by atoms with van der Waals surface area (Å²) in [5, 5.41) is 12.5. The van der Waals surface area contributed by atoms with Crippen LogP contribution in [0.25, 0.3) is 11.1 Å². The maximum Gasteiger partial charge on any atom is 0.289 e. The van der Waals surface area contributed by atoms with Gasteiger partial charge in [0.15, 0.2) is 11.5 Å². The number of aliphatic hydroxyl groups excluding tert-OH is 1. The summed E-state index contributed by atoms with van der Waals surface area (Å²) in [6.07, 6.45) is 0. The lowest BCUT2D eigenvalue weighted by molar-refractivity contribution is -0.126. The fourth-order valence-electron chi connectivity index (χ4n) is 2.94. The Bertz CT molecular complexity index is 962. The second-order valence-corrected chi connectivity index (χ2v) is 6.51. The molecule has 0 radical (unpaired) electrons. The van der Waals surface area contributed by atoms with E-state index in [1.807, 2.05) is 42.5 Å². The lowest BCUT2D eigenvalue weighted by Gasteiger charge is -2.10. The van der Waals surface area contributed by atoms with E-state index in [0.717, 1.165) is 16.7 Å². The van der Waals surface area contributed by atoms with Crippen molar-refractivity contribution < 1.29 is 19.5 Å². The van der Waals surface area contributed by atoms with Gasteiger partial charge < -0.3 is 15.3 Å². The highest BCUT2D eigenvalue weighted by Crippen LogP contribution is 2.22. The first kappa shape index (κ1) is 18.4. The summed E-state index contributed by atoms with van der Waals surface area (Å²) in [4.78, 5) is 36.7. The number of nitrogens with zero attached hydrogens (tertiary/aromatic N) is 1. The standard InChI is InChI=1S/C21H20N2O4/c1-13(24)15-6-4-8-17(10-15)16-7-3-5-14(9-16)11-22-20(26)18-12-23(2)21(27)19(18)25/h3-10,25H,11-12H2,1-2H3,(H,22,26). The van der Waals surface area contributed by atoms with Crippen molar-refractivity contribution in [1.82, 2.24) is 10.2 Å². The van der Waals surface area contributed by atoms with Gasteiger partial charge in [-0.05, 0) is 35.7 Å². The van der Waals surface area contributed by atoms with Gasteiger partial charge in [0.1, 0.15) is 0 Å². The molecule has 2 aromatic carbocycles. The fraction of sp³-hybridized carbons (Fsp3) is 0.190. The van der Waals surface area contributed by atoms with Crippen molar-refractivity contribution in [3.05, 3.63) is 71.0 Å². The summed E-state index contributed by atoms with van der Waals surface area (Å²) < 4.78 is 0. The third-order valence-electron chi connectivity index (χ3n) is 4.49. The summed E-state index contributed by atoms with van der Waals surface area (Å²) in [5.41, 5.74) is 3.44. The summed E-state index contributed by atoms with van der Waals surface area (Å²) in [6, 6.07) is 15.0. The van der Waals surface area contributed by atoms with E-state index in [1.54, 1.807) is 6.07 Å². The normalized spacial score (nSPS) is 13.9. The van der Waals surface area contributed by atoms with Gasteiger partial charge >= 0.3 is 0 Å². The Balaban J connectivity index is 1.73. The van der Waals surface area contributed by atoms with E-state index >= 15 is 0 Å². The van der Waals surface area contributed by atoms with E-state index < -0.39 is 17.6 Å². The van der Waals surface area contributed by atoms with Crippen LogP contribution in [0, 0.1) is 0 Å². The zero-order valence-electron chi connectivity index (χ0n) is 15.2. The molecule has 0 fully saturated rings. The maximum atomic E-state index is 12.2. The van der Waals surface area contributed by atoms with Gasteiger partial charge in [-0.1, -0.05) is 36.4 Å². The van der Waals surface area contributed by atoms with E-state index in [0.29, 0.717) is 5.56 Å². The summed E-state index contributed by atoms with van der Waals surface area (Å²) in [6.45, 7) is 1.88. The molecule has 0 spiro atoms. The number of hydrogen-bond donors (Lipinski definition) is 2. The molecule has 6 nitrogen and oxygen atoms in total. The average molecular weight is 364 g/mol. The van der Waals surface area contributed by atoms with Crippen LogP contribution in [0.5, 0.6) is 0 Å². The van der Waals surface area contributed by atoms with E-state index in [4.69, 9.17) is 0 Å². The van der Waals surface area contributed by atoms with Gasteiger partial charge in [-0.15, -0.1) is 0 Å². The maximum absolute atomic E-state index is 12.2. The van der Waals surface area contributed by atoms with Crippen molar-refractivity contribution in [2.75, 3.05) is 13.6 Å². The monoisotopic (exact) mass is 364 g/mol. The van der Waals surface area contributed by atoms with Crippen molar-refractivity contribution in [2.45, 2.75) is 13.5 Å². The predicted octanol–water partition coefficient (Wildman–Crippen LogP) is 2.46. The van der Waals surface area contributed by atoms with Crippen LogP contribution in [0.3, 0.4) is 0 Å². The van der Waals surface area contributed by atoms with E-state index in [-0.39, 0.29) is 24.4 Å². The van der Waals surface area contributed by atoms with Gasteiger partial charge in [0.2, 0.25) is 0 Å². The smallest absolute Gasteiger partial charge is 0.289 e. The van der Waals surface area contributed by atoms with Crippen LogP contribution >= 0.6 is 0 Å². The Labute approximate surface area is 157 Å². The highest BCUT2D eigenvalue weighted by atomic mass is 16.3. The van der Waals surface area contributed by atoms with Gasteiger partial charge in [0, 0.05) is 19.2 Å². The highest BCUT2D eigenvalue weighted by molar-refractivity contribution is 6.06. The molecule has 0 saturated carbocycles. The quantitative estimate of drug-likeness (QED) is 0.798. The molecule has 2 N–H and O–H groups in total. The van der Waals surface area contributed by atoms with Crippen LogP contribution < -0.4 is 5.32 Å². The minimum absolute atomic E-state index is 0.00410.